The van der Waals surface area contributed by atoms with Gasteiger partial charge in [-0.25, -0.2) is 4.79 Å². The van der Waals surface area contributed by atoms with E-state index in [1.165, 1.54) is 32.1 Å². The maximum Gasteiger partial charge on any atom is 0.410 e. The quantitative estimate of drug-likeness (QED) is 0.811. The van der Waals surface area contributed by atoms with Crippen LogP contribution in [0.2, 0.25) is 0 Å². The van der Waals surface area contributed by atoms with Crippen molar-refractivity contribution >= 4 is 12.0 Å². The summed E-state index contributed by atoms with van der Waals surface area (Å²) in [5, 5.41) is 0. The van der Waals surface area contributed by atoms with Gasteiger partial charge >= 0.3 is 6.09 Å². The Morgan fingerprint density at radius 1 is 1.08 bits per heavy atom. The van der Waals surface area contributed by atoms with E-state index in [0.29, 0.717) is 32.1 Å². The average molecular weight is 368 g/mol. The van der Waals surface area contributed by atoms with Gasteiger partial charge in [0, 0.05) is 33.1 Å². The van der Waals surface area contributed by atoms with Gasteiger partial charge < -0.3 is 20.3 Å². The molecule has 2 rings (SSSR count). The molecular formula is C20H37N3O3. The van der Waals surface area contributed by atoms with Gasteiger partial charge in [-0.15, -0.1) is 0 Å². The van der Waals surface area contributed by atoms with Crippen LogP contribution in [0.3, 0.4) is 0 Å². The van der Waals surface area contributed by atoms with E-state index in [1.807, 2.05) is 25.7 Å². The summed E-state index contributed by atoms with van der Waals surface area (Å²) in [5.74, 6) is 1.19. The van der Waals surface area contributed by atoms with Crippen LogP contribution in [0.25, 0.3) is 0 Å². The van der Waals surface area contributed by atoms with Crippen molar-refractivity contribution in [1.82, 2.24) is 9.80 Å². The number of hydrogen-bond donors (Lipinski definition) is 1. The molecule has 0 radical (unpaired) electrons. The third-order valence-corrected chi connectivity index (χ3v) is 5.63. The van der Waals surface area contributed by atoms with Crippen molar-refractivity contribution in [3.63, 3.8) is 0 Å². The fourth-order valence-electron chi connectivity index (χ4n) is 4.18. The summed E-state index contributed by atoms with van der Waals surface area (Å²) in [7, 11) is 0. The van der Waals surface area contributed by atoms with Crippen molar-refractivity contribution in [2.24, 2.45) is 23.5 Å². The van der Waals surface area contributed by atoms with Gasteiger partial charge in [0.2, 0.25) is 5.91 Å². The van der Waals surface area contributed by atoms with Crippen LogP contribution in [0.5, 0.6) is 0 Å². The number of rotatable bonds is 5. The topological polar surface area (TPSA) is 75.9 Å². The van der Waals surface area contributed by atoms with Crippen molar-refractivity contribution < 1.29 is 14.3 Å². The number of carbonyl (C=O) groups is 2. The van der Waals surface area contributed by atoms with Crippen LogP contribution in [-0.4, -0.2) is 60.1 Å². The molecule has 0 spiro atoms. The van der Waals surface area contributed by atoms with Gasteiger partial charge in [0.15, 0.2) is 0 Å². The fourth-order valence-corrected chi connectivity index (χ4v) is 4.18. The Morgan fingerprint density at radius 2 is 1.69 bits per heavy atom. The molecule has 0 aromatic rings. The highest BCUT2D eigenvalue weighted by atomic mass is 16.6. The van der Waals surface area contributed by atoms with E-state index in [-0.39, 0.29) is 23.8 Å². The number of carbonyl (C=O) groups excluding carboxylic acids is 2. The van der Waals surface area contributed by atoms with E-state index >= 15 is 0 Å². The van der Waals surface area contributed by atoms with Gasteiger partial charge in [0.1, 0.15) is 5.60 Å². The molecule has 1 aliphatic heterocycles. The molecule has 0 bridgehead atoms. The number of ether oxygens (including phenoxy) is 1. The Kier molecular flexibility index (Phi) is 7.33. The lowest BCUT2D eigenvalue weighted by Crippen LogP contribution is -2.41. The van der Waals surface area contributed by atoms with Crippen LogP contribution in [0.15, 0.2) is 0 Å². The number of hydrogen-bond acceptors (Lipinski definition) is 4. The molecule has 0 unspecified atom stereocenters. The minimum atomic E-state index is -0.500. The second-order valence-corrected chi connectivity index (χ2v) is 9.07. The Labute approximate surface area is 158 Å². The summed E-state index contributed by atoms with van der Waals surface area (Å²) in [5.41, 5.74) is 5.47. The molecule has 1 aliphatic carbocycles. The minimum Gasteiger partial charge on any atom is -0.444 e. The van der Waals surface area contributed by atoms with E-state index in [4.69, 9.17) is 10.5 Å². The van der Waals surface area contributed by atoms with Crippen molar-refractivity contribution in [3.8, 4) is 0 Å². The summed E-state index contributed by atoms with van der Waals surface area (Å²) in [6.07, 6.45) is 6.03. The van der Waals surface area contributed by atoms with Crippen molar-refractivity contribution in [3.05, 3.63) is 0 Å². The van der Waals surface area contributed by atoms with Crippen LogP contribution in [0.4, 0.5) is 4.79 Å². The lowest BCUT2D eigenvalue weighted by molar-refractivity contribution is -0.130. The number of nitrogens with zero attached hydrogens (tertiary/aromatic N) is 2. The highest BCUT2D eigenvalue weighted by Gasteiger charge is 2.37. The first-order valence-electron chi connectivity index (χ1n) is 10.1. The first kappa shape index (κ1) is 21.0. The Balaban J connectivity index is 1.95. The van der Waals surface area contributed by atoms with Crippen LogP contribution in [-0.2, 0) is 9.53 Å². The molecule has 6 heteroatoms. The smallest absolute Gasteiger partial charge is 0.410 e. The number of nitrogens with two attached hydrogens (primary N) is 1. The third-order valence-electron chi connectivity index (χ3n) is 5.63. The van der Waals surface area contributed by atoms with Gasteiger partial charge in [-0.05, 0) is 57.9 Å². The zero-order valence-electron chi connectivity index (χ0n) is 17.0. The normalized spacial score (nSPS) is 24.6. The maximum atomic E-state index is 12.4. The molecule has 2 atom stereocenters. The maximum absolute atomic E-state index is 12.4. The molecule has 150 valence electrons. The van der Waals surface area contributed by atoms with Crippen LogP contribution in [0, 0.1) is 17.8 Å². The Hall–Kier alpha value is -1.30. The molecule has 2 amide bonds. The zero-order chi connectivity index (χ0) is 19.3. The second-order valence-electron chi connectivity index (χ2n) is 9.07. The summed E-state index contributed by atoms with van der Waals surface area (Å²) in [6, 6.07) is 0. The lowest BCUT2D eigenvalue weighted by atomic mass is 9.88. The predicted octanol–water partition coefficient (Wildman–Crippen LogP) is 2.86. The van der Waals surface area contributed by atoms with E-state index < -0.39 is 5.60 Å². The first-order valence-corrected chi connectivity index (χ1v) is 10.1. The van der Waals surface area contributed by atoms with Crippen molar-refractivity contribution in [2.75, 3.05) is 32.7 Å². The fraction of sp³-hybridized carbons (Fsp3) is 0.900. The molecule has 2 fully saturated rings. The second kappa shape index (κ2) is 9.07. The molecule has 1 heterocycles. The SMILES string of the molecule is CC(=O)N(CC1CCCCC1)C[C@H]1CN(C(=O)OC(C)(C)C)C[C@@H]1CN. The molecule has 0 aromatic carbocycles. The van der Waals surface area contributed by atoms with E-state index in [9.17, 15) is 9.59 Å². The monoisotopic (exact) mass is 367 g/mol. The van der Waals surface area contributed by atoms with Crippen LogP contribution in [0.1, 0.15) is 59.8 Å². The van der Waals surface area contributed by atoms with Gasteiger partial charge in [0.05, 0.1) is 0 Å². The number of likely N-dealkylation sites (tertiary alicyclic amines) is 1. The third kappa shape index (κ3) is 6.15. The summed E-state index contributed by atoms with van der Waals surface area (Å²) in [4.78, 5) is 28.3. The summed E-state index contributed by atoms with van der Waals surface area (Å²) < 4.78 is 5.50. The molecule has 26 heavy (non-hydrogen) atoms. The predicted molar refractivity (Wildman–Crippen MR) is 103 cm³/mol. The van der Waals surface area contributed by atoms with Crippen LogP contribution >= 0.6 is 0 Å². The van der Waals surface area contributed by atoms with Crippen molar-refractivity contribution in [2.45, 2.75) is 65.4 Å². The largest absolute Gasteiger partial charge is 0.444 e. The highest BCUT2D eigenvalue weighted by molar-refractivity contribution is 5.73. The average Bonchev–Trinajstić information content (AvgIpc) is 2.97. The molecule has 1 saturated heterocycles. The van der Waals surface area contributed by atoms with Gasteiger partial charge in [0.25, 0.3) is 0 Å². The molecule has 1 saturated carbocycles. The molecular weight excluding hydrogens is 330 g/mol. The minimum absolute atomic E-state index is 0.127. The zero-order valence-corrected chi connectivity index (χ0v) is 17.0. The van der Waals surface area contributed by atoms with Gasteiger partial charge in [-0.2, -0.15) is 0 Å². The van der Waals surface area contributed by atoms with Gasteiger partial charge in [-0.3, -0.25) is 4.79 Å². The molecule has 6 nitrogen and oxygen atoms in total. The highest BCUT2D eigenvalue weighted by Crippen LogP contribution is 2.28. The summed E-state index contributed by atoms with van der Waals surface area (Å²) >= 11 is 0. The Morgan fingerprint density at radius 3 is 2.23 bits per heavy atom. The van der Waals surface area contributed by atoms with Gasteiger partial charge in [-0.1, -0.05) is 19.3 Å². The van der Waals surface area contributed by atoms with Crippen molar-refractivity contribution in [1.29, 1.82) is 0 Å². The van der Waals surface area contributed by atoms with E-state index in [2.05, 4.69) is 0 Å². The first-order chi connectivity index (χ1) is 12.2. The van der Waals surface area contributed by atoms with Crippen LogP contribution < -0.4 is 5.73 Å². The Bertz CT molecular complexity index is 483. The molecule has 2 aliphatic rings. The summed E-state index contributed by atoms with van der Waals surface area (Å²) in [6.45, 7) is 10.6. The lowest BCUT2D eigenvalue weighted by Gasteiger charge is -2.32. The standard InChI is InChI=1S/C20H37N3O3/c1-15(24)22(11-16-8-6-5-7-9-16)13-18-14-23(12-17(18)10-21)19(25)26-20(2,3)4/h16-18H,5-14,21H2,1-4H3/t17-,18-/m0/s1. The number of amides is 2. The molecule has 2 N–H and O–H groups in total. The van der Waals surface area contributed by atoms with E-state index in [0.717, 1.165) is 6.54 Å². The van der Waals surface area contributed by atoms with E-state index in [1.54, 1.807) is 11.8 Å². The molecule has 0 aromatic heterocycles.